The van der Waals surface area contributed by atoms with Crippen LogP contribution < -0.4 is 0 Å². The number of ether oxygens (including phenoxy) is 1. The number of carboxylic acid groups (broad SMARTS) is 1. The molecule has 1 aromatic carbocycles. The molecule has 31 heavy (non-hydrogen) atoms. The molecule has 3 aliphatic heterocycles. The van der Waals surface area contributed by atoms with Gasteiger partial charge < -0.3 is 19.6 Å². The van der Waals surface area contributed by atoms with E-state index in [2.05, 4.69) is 6.58 Å². The fourth-order valence-electron chi connectivity index (χ4n) is 5.15. The molecule has 0 radical (unpaired) electrons. The van der Waals surface area contributed by atoms with Crippen molar-refractivity contribution >= 4 is 17.8 Å². The Kier molecular flexibility index (Phi) is 5.04. The van der Waals surface area contributed by atoms with Crippen molar-refractivity contribution in [2.24, 2.45) is 11.8 Å². The Morgan fingerprint density at radius 1 is 1.29 bits per heavy atom. The predicted molar refractivity (Wildman–Crippen MR) is 114 cm³/mol. The highest BCUT2D eigenvalue weighted by molar-refractivity contribution is 5.99. The summed E-state index contributed by atoms with van der Waals surface area (Å²) in [6, 6.07) is 8.43. The molecule has 5 unspecified atom stereocenters. The van der Waals surface area contributed by atoms with Gasteiger partial charge in [0, 0.05) is 18.6 Å². The van der Waals surface area contributed by atoms with Crippen LogP contribution in [0.3, 0.4) is 0 Å². The van der Waals surface area contributed by atoms with Gasteiger partial charge in [-0.3, -0.25) is 14.4 Å². The van der Waals surface area contributed by atoms with Crippen LogP contribution in [0.25, 0.3) is 0 Å². The number of carbonyl (C=O) groups is 3. The number of benzene rings is 1. The number of aliphatic carboxylic acids is 1. The van der Waals surface area contributed by atoms with Crippen molar-refractivity contribution in [1.29, 1.82) is 0 Å². The van der Waals surface area contributed by atoms with Gasteiger partial charge >= 0.3 is 5.97 Å². The largest absolute Gasteiger partial charge is 0.481 e. The van der Waals surface area contributed by atoms with E-state index in [9.17, 15) is 19.5 Å². The molecular weight excluding hydrogens is 396 g/mol. The SMILES string of the molecule is C=CCN(C(=O)C1N(Cc2ccccc2)C(=O)C2C(C(=O)O)C3C=CC21O3)C(C)(C)C. The summed E-state index contributed by atoms with van der Waals surface area (Å²) in [7, 11) is 0. The predicted octanol–water partition coefficient (Wildman–Crippen LogP) is 2.23. The summed E-state index contributed by atoms with van der Waals surface area (Å²) in [5.41, 5.74) is -0.934. The maximum Gasteiger partial charge on any atom is 0.310 e. The Bertz CT molecular complexity index is 950. The van der Waals surface area contributed by atoms with Crippen LogP contribution in [0.4, 0.5) is 0 Å². The lowest BCUT2D eigenvalue weighted by molar-refractivity contribution is -0.152. The van der Waals surface area contributed by atoms with E-state index in [0.717, 1.165) is 5.56 Å². The van der Waals surface area contributed by atoms with Gasteiger partial charge in [-0.2, -0.15) is 0 Å². The number of carbonyl (C=O) groups excluding carboxylic acids is 2. The third-order valence-electron chi connectivity index (χ3n) is 6.48. The second-order valence-corrected chi connectivity index (χ2v) is 9.40. The number of fused-ring (bicyclic) bond motifs is 1. The van der Waals surface area contributed by atoms with E-state index in [1.165, 1.54) is 4.90 Å². The Labute approximate surface area is 182 Å². The van der Waals surface area contributed by atoms with Crippen molar-refractivity contribution < 1.29 is 24.2 Å². The summed E-state index contributed by atoms with van der Waals surface area (Å²) in [6.45, 7) is 10.0. The number of likely N-dealkylation sites (tertiary alicyclic amines) is 1. The number of rotatable bonds is 6. The molecule has 1 N–H and O–H groups in total. The summed E-state index contributed by atoms with van der Waals surface area (Å²) in [5, 5.41) is 9.83. The minimum atomic E-state index is -1.28. The molecule has 5 atom stereocenters. The van der Waals surface area contributed by atoms with E-state index < -0.39 is 41.1 Å². The first-order valence-corrected chi connectivity index (χ1v) is 10.5. The number of hydrogen-bond donors (Lipinski definition) is 1. The Morgan fingerprint density at radius 2 is 1.97 bits per heavy atom. The molecule has 2 amide bonds. The van der Waals surface area contributed by atoms with Crippen molar-refractivity contribution in [3.8, 4) is 0 Å². The lowest BCUT2D eigenvalue weighted by atomic mass is 9.74. The summed E-state index contributed by atoms with van der Waals surface area (Å²) >= 11 is 0. The molecule has 1 aromatic rings. The molecule has 0 aromatic heterocycles. The van der Waals surface area contributed by atoms with E-state index >= 15 is 0 Å². The summed E-state index contributed by atoms with van der Waals surface area (Å²) in [5.74, 6) is -3.63. The van der Waals surface area contributed by atoms with Crippen LogP contribution in [-0.2, 0) is 25.7 Å². The average molecular weight is 424 g/mol. The molecule has 7 nitrogen and oxygen atoms in total. The van der Waals surface area contributed by atoms with Crippen molar-refractivity contribution in [2.45, 2.75) is 50.6 Å². The molecule has 3 heterocycles. The highest BCUT2D eigenvalue weighted by atomic mass is 16.5. The Hall–Kier alpha value is -2.93. The zero-order valence-electron chi connectivity index (χ0n) is 18.0. The minimum absolute atomic E-state index is 0.203. The van der Waals surface area contributed by atoms with Gasteiger partial charge in [-0.25, -0.2) is 0 Å². The van der Waals surface area contributed by atoms with Gasteiger partial charge in [0.05, 0.1) is 12.0 Å². The van der Waals surface area contributed by atoms with Gasteiger partial charge in [-0.1, -0.05) is 48.6 Å². The van der Waals surface area contributed by atoms with Gasteiger partial charge in [0.1, 0.15) is 17.6 Å². The topological polar surface area (TPSA) is 87.2 Å². The highest BCUT2D eigenvalue weighted by Gasteiger charge is 2.73. The highest BCUT2D eigenvalue weighted by Crippen LogP contribution is 2.55. The molecule has 7 heteroatoms. The first-order valence-electron chi connectivity index (χ1n) is 10.5. The monoisotopic (exact) mass is 424 g/mol. The van der Waals surface area contributed by atoms with Crippen molar-refractivity contribution in [3.63, 3.8) is 0 Å². The van der Waals surface area contributed by atoms with E-state index in [1.54, 1.807) is 23.1 Å². The van der Waals surface area contributed by atoms with Crippen LogP contribution in [-0.4, -0.2) is 62.5 Å². The van der Waals surface area contributed by atoms with E-state index in [1.807, 2.05) is 51.1 Å². The van der Waals surface area contributed by atoms with Gasteiger partial charge in [0.25, 0.3) is 0 Å². The average Bonchev–Trinajstić information content (AvgIpc) is 3.33. The molecule has 2 fully saturated rings. The van der Waals surface area contributed by atoms with Crippen molar-refractivity contribution in [1.82, 2.24) is 9.80 Å². The second kappa shape index (κ2) is 7.34. The van der Waals surface area contributed by atoms with Crippen LogP contribution in [0.5, 0.6) is 0 Å². The van der Waals surface area contributed by atoms with E-state index in [4.69, 9.17) is 4.74 Å². The van der Waals surface area contributed by atoms with Crippen LogP contribution in [0.2, 0.25) is 0 Å². The molecule has 164 valence electrons. The third kappa shape index (κ3) is 3.19. The van der Waals surface area contributed by atoms with Crippen molar-refractivity contribution in [2.75, 3.05) is 6.54 Å². The van der Waals surface area contributed by atoms with Crippen LogP contribution >= 0.6 is 0 Å². The molecule has 2 saturated heterocycles. The zero-order chi connectivity index (χ0) is 22.6. The second-order valence-electron chi connectivity index (χ2n) is 9.40. The van der Waals surface area contributed by atoms with E-state index in [0.29, 0.717) is 6.54 Å². The molecule has 3 aliphatic rings. The number of nitrogens with zero attached hydrogens (tertiary/aromatic N) is 2. The lowest BCUT2D eigenvalue weighted by Crippen LogP contribution is -2.59. The summed E-state index contributed by atoms with van der Waals surface area (Å²) in [4.78, 5) is 42.7. The van der Waals surface area contributed by atoms with Crippen molar-refractivity contribution in [3.05, 3.63) is 60.7 Å². The standard InChI is InChI=1S/C24H28N2O5/c1-5-13-26(23(2,3)4)21(28)19-24-12-11-16(31-24)17(22(29)30)18(24)20(27)25(19)14-15-9-7-6-8-10-15/h5-12,16-19H,1,13-14H2,2-4H3,(H,29,30). The van der Waals surface area contributed by atoms with Gasteiger partial charge in [-0.15, -0.1) is 6.58 Å². The molecule has 2 bridgehead atoms. The lowest BCUT2D eigenvalue weighted by Gasteiger charge is -2.41. The summed E-state index contributed by atoms with van der Waals surface area (Å²) in [6.07, 6.45) is 4.37. The third-order valence-corrected chi connectivity index (χ3v) is 6.48. The van der Waals surface area contributed by atoms with Gasteiger partial charge in [-0.05, 0) is 26.3 Å². The van der Waals surface area contributed by atoms with Gasteiger partial charge in [0.15, 0.2) is 0 Å². The smallest absolute Gasteiger partial charge is 0.310 e. The zero-order valence-corrected chi connectivity index (χ0v) is 18.0. The van der Waals surface area contributed by atoms with Crippen LogP contribution in [0.1, 0.15) is 26.3 Å². The first kappa shape index (κ1) is 21.3. The normalized spacial score (nSPS) is 31.1. The first-order chi connectivity index (χ1) is 14.6. The minimum Gasteiger partial charge on any atom is -0.481 e. The fraction of sp³-hybridized carbons (Fsp3) is 0.458. The molecule has 4 rings (SSSR count). The molecule has 1 spiro atoms. The summed E-state index contributed by atoms with van der Waals surface area (Å²) < 4.78 is 6.14. The molecular formula is C24H28N2O5. The maximum atomic E-state index is 14.0. The van der Waals surface area contributed by atoms with Gasteiger partial charge in [0.2, 0.25) is 11.8 Å². The molecule has 0 saturated carbocycles. The maximum absolute atomic E-state index is 14.0. The van der Waals surface area contributed by atoms with Crippen LogP contribution in [0, 0.1) is 11.8 Å². The Morgan fingerprint density at radius 3 is 2.55 bits per heavy atom. The Balaban J connectivity index is 1.81. The number of carboxylic acids is 1. The van der Waals surface area contributed by atoms with E-state index in [-0.39, 0.29) is 18.4 Å². The quantitative estimate of drug-likeness (QED) is 0.708. The van der Waals surface area contributed by atoms with Crippen LogP contribution in [0.15, 0.2) is 55.1 Å². The molecule has 0 aliphatic carbocycles. The number of hydrogen-bond acceptors (Lipinski definition) is 4. The fourth-order valence-corrected chi connectivity index (χ4v) is 5.15. The number of amides is 2.